The number of halogens is 3. The molecule has 1 rings (SSSR count). The van der Waals surface area contributed by atoms with Crippen molar-refractivity contribution in [3.8, 4) is 0 Å². The third-order valence-corrected chi connectivity index (χ3v) is 3.39. The zero-order valence-electron chi connectivity index (χ0n) is 5.56. The SMILES string of the molecule is O=S1(=O)CC(CF)C(F)(F)C1. The zero-order valence-corrected chi connectivity index (χ0v) is 6.37. The van der Waals surface area contributed by atoms with Crippen LogP contribution in [0.25, 0.3) is 0 Å². The van der Waals surface area contributed by atoms with Crippen LogP contribution in [-0.2, 0) is 9.84 Å². The fourth-order valence-electron chi connectivity index (χ4n) is 1.06. The summed E-state index contributed by atoms with van der Waals surface area (Å²) in [5.41, 5.74) is 0. The van der Waals surface area contributed by atoms with Gasteiger partial charge in [0.2, 0.25) is 0 Å². The average Bonchev–Trinajstić information content (AvgIpc) is 1.99. The fraction of sp³-hybridized carbons (Fsp3) is 1.00. The Labute approximate surface area is 62.3 Å². The summed E-state index contributed by atoms with van der Waals surface area (Å²) in [7, 11) is -3.71. The number of sulfone groups is 1. The fourth-order valence-corrected chi connectivity index (χ4v) is 2.94. The normalized spacial score (nSPS) is 33.9. The number of alkyl halides is 3. The molecule has 0 aromatic rings. The van der Waals surface area contributed by atoms with Crippen LogP contribution in [0, 0.1) is 5.92 Å². The topological polar surface area (TPSA) is 34.1 Å². The molecule has 0 aliphatic carbocycles. The van der Waals surface area contributed by atoms with Crippen molar-refractivity contribution in [1.82, 2.24) is 0 Å². The van der Waals surface area contributed by atoms with Gasteiger partial charge in [0, 0.05) is 0 Å². The van der Waals surface area contributed by atoms with Crippen molar-refractivity contribution in [2.75, 3.05) is 18.2 Å². The Morgan fingerprint density at radius 2 is 2.00 bits per heavy atom. The van der Waals surface area contributed by atoms with Gasteiger partial charge in [0.1, 0.15) is 5.75 Å². The van der Waals surface area contributed by atoms with Gasteiger partial charge in [-0.25, -0.2) is 17.2 Å². The second-order valence-electron chi connectivity index (χ2n) is 2.67. The second kappa shape index (κ2) is 2.36. The molecule has 0 radical (unpaired) electrons. The van der Waals surface area contributed by atoms with Crippen LogP contribution in [0.15, 0.2) is 0 Å². The Morgan fingerprint density at radius 1 is 1.45 bits per heavy atom. The van der Waals surface area contributed by atoms with Gasteiger partial charge < -0.3 is 0 Å². The molecule has 1 atom stereocenters. The van der Waals surface area contributed by atoms with Crippen molar-refractivity contribution < 1.29 is 21.6 Å². The molecule has 0 aromatic heterocycles. The molecule has 0 saturated carbocycles. The highest BCUT2D eigenvalue weighted by Crippen LogP contribution is 2.34. The molecule has 1 saturated heterocycles. The highest BCUT2D eigenvalue weighted by Gasteiger charge is 2.51. The van der Waals surface area contributed by atoms with Crippen LogP contribution in [0.1, 0.15) is 0 Å². The molecular formula is C5H7F3O2S. The molecule has 1 fully saturated rings. The van der Waals surface area contributed by atoms with E-state index >= 15 is 0 Å². The molecule has 0 spiro atoms. The van der Waals surface area contributed by atoms with Crippen molar-refractivity contribution >= 4 is 9.84 Å². The summed E-state index contributed by atoms with van der Waals surface area (Å²) in [6.07, 6.45) is 0. The van der Waals surface area contributed by atoms with Crippen molar-refractivity contribution in [1.29, 1.82) is 0 Å². The lowest BCUT2D eigenvalue weighted by Gasteiger charge is -2.11. The van der Waals surface area contributed by atoms with Crippen molar-refractivity contribution in [2.45, 2.75) is 5.92 Å². The molecule has 1 heterocycles. The lowest BCUT2D eigenvalue weighted by atomic mass is 10.1. The van der Waals surface area contributed by atoms with E-state index in [9.17, 15) is 21.6 Å². The summed E-state index contributed by atoms with van der Waals surface area (Å²) in [4.78, 5) is 0. The molecule has 0 N–H and O–H groups in total. The van der Waals surface area contributed by atoms with Gasteiger partial charge in [0.05, 0.1) is 18.3 Å². The largest absolute Gasteiger partial charge is 0.268 e. The highest BCUT2D eigenvalue weighted by molar-refractivity contribution is 7.91. The van der Waals surface area contributed by atoms with E-state index in [2.05, 4.69) is 0 Å². The first kappa shape index (κ1) is 8.83. The summed E-state index contributed by atoms with van der Waals surface area (Å²) >= 11 is 0. The number of hydrogen-bond acceptors (Lipinski definition) is 2. The number of rotatable bonds is 1. The molecule has 6 heteroatoms. The summed E-state index contributed by atoms with van der Waals surface area (Å²) < 4.78 is 57.9. The predicted molar refractivity (Wildman–Crippen MR) is 33.1 cm³/mol. The quantitative estimate of drug-likeness (QED) is 0.605. The van der Waals surface area contributed by atoms with E-state index in [-0.39, 0.29) is 0 Å². The van der Waals surface area contributed by atoms with Gasteiger partial charge in [0.25, 0.3) is 5.92 Å². The third kappa shape index (κ3) is 1.66. The molecule has 66 valence electrons. The molecule has 0 aromatic carbocycles. The molecule has 0 bridgehead atoms. The minimum absolute atomic E-state index is 0.726. The molecule has 11 heavy (non-hydrogen) atoms. The van der Waals surface area contributed by atoms with E-state index in [0.717, 1.165) is 0 Å². The van der Waals surface area contributed by atoms with Crippen LogP contribution in [0.5, 0.6) is 0 Å². The maximum absolute atomic E-state index is 12.5. The summed E-state index contributed by atoms with van der Waals surface area (Å²) in [6.45, 7) is -1.27. The van der Waals surface area contributed by atoms with Gasteiger partial charge in [-0.2, -0.15) is 0 Å². The van der Waals surface area contributed by atoms with Crippen LogP contribution in [0.3, 0.4) is 0 Å². The van der Waals surface area contributed by atoms with E-state index in [1.165, 1.54) is 0 Å². The highest BCUT2D eigenvalue weighted by atomic mass is 32.2. The Kier molecular flexibility index (Phi) is 1.90. The first-order valence-electron chi connectivity index (χ1n) is 3.01. The molecule has 1 aliphatic rings. The molecule has 2 nitrogen and oxygen atoms in total. The van der Waals surface area contributed by atoms with Gasteiger partial charge in [-0.05, 0) is 0 Å². The van der Waals surface area contributed by atoms with E-state index in [1.54, 1.807) is 0 Å². The average molecular weight is 188 g/mol. The van der Waals surface area contributed by atoms with Crippen LogP contribution < -0.4 is 0 Å². The first-order valence-corrected chi connectivity index (χ1v) is 4.84. The lowest BCUT2D eigenvalue weighted by Crippen LogP contribution is -2.27. The van der Waals surface area contributed by atoms with Crippen molar-refractivity contribution in [3.63, 3.8) is 0 Å². The molecule has 1 unspecified atom stereocenters. The van der Waals surface area contributed by atoms with Crippen LogP contribution in [0.4, 0.5) is 13.2 Å². The molecule has 0 amide bonds. The van der Waals surface area contributed by atoms with E-state index in [4.69, 9.17) is 0 Å². The Balaban J connectivity index is 2.88. The monoisotopic (exact) mass is 188 g/mol. The van der Waals surface area contributed by atoms with E-state index in [1.807, 2.05) is 0 Å². The van der Waals surface area contributed by atoms with Crippen molar-refractivity contribution in [3.05, 3.63) is 0 Å². The Hall–Kier alpha value is -0.260. The zero-order chi connectivity index (χ0) is 8.70. The van der Waals surface area contributed by atoms with Crippen molar-refractivity contribution in [2.24, 2.45) is 5.92 Å². The van der Waals surface area contributed by atoms with E-state index in [0.29, 0.717) is 0 Å². The van der Waals surface area contributed by atoms with Gasteiger partial charge in [-0.15, -0.1) is 0 Å². The van der Waals surface area contributed by atoms with E-state index < -0.39 is 39.9 Å². The van der Waals surface area contributed by atoms with Gasteiger partial charge in [0.15, 0.2) is 9.84 Å². The Morgan fingerprint density at radius 3 is 2.18 bits per heavy atom. The van der Waals surface area contributed by atoms with Gasteiger partial charge >= 0.3 is 0 Å². The van der Waals surface area contributed by atoms with Crippen LogP contribution in [-0.4, -0.2) is 32.5 Å². The predicted octanol–water partition coefficient (Wildman–Crippen LogP) is 0.636. The lowest BCUT2D eigenvalue weighted by molar-refractivity contribution is -0.0261. The summed E-state index contributed by atoms with van der Waals surface area (Å²) in [5.74, 6) is -6.92. The van der Waals surface area contributed by atoms with Gasteiger partial charge in [-0.3, -0.25) is 4.39 Å². The minimum atomic E-state index is -3.71. The smallest absolute Gasteiger partial charge is 0.251 e. The Bertz CT molecular complexity index is 246. The standard InChI is InChI=1S/C5H7F3O2S/c6-1-4-2-11(9,10)3-5(4,7)8/h4H,1-3H2. The maximum Gasteiger partial charge on any atom is 0.268 e. The third-order valence-electron chi connectivity index (χ3n) is 1.65. The van der Waals surface area contributed by atoms with Crippen LogP contribution in [0.2, 0.25) is 0 Å². The second-order valence-corrected chi connectivity index (χ2v) is 4.78. The first-order chi connectivity index (χ1) is 4.87. The molecule has 1 aliphatic heterocycles. The number of hydrogen-bond donors (Lipinski definition) is 0. The minimum Gasteiger partial charge on any atom is -0.251 e. The maximum atomic E-state index is 12.5. The summed E-state index contributed by atoms with van der Waals surface area (Å²) in [6, 6.07) is 0. The molecular weight excluding hydrogens is 181 g/mol. The summed E-state index contributed by atoms with van der Waals surface area (Å²) in [5, 5.41) is 0. The van der Waals surface area contributed by atoms with Crippen LogP contribution >= 0.6 is 0 Å². The van der Waals surface area contributed by atoms with Gasteiger partial charge in [-0.1, -0.05) is 0 Å².